The van der Waals surface area contributed by atoms with Crippen molar-refractivity contribution in [3.8, 4) is 0 Å². The Morgan fingerprint density at radius 2 is 1.39 bits per heavy atom. The summed E-state index contributed by atoms with van der Waals surface area (Å²) in [7, 11) is 3.40. The van der Waals surface area contributed by atoms with Crippen LogP contribution in [0.3, 0.4) is 0 Å². The summed E-state index contributed by atoms with van der Waals surface area (Å²) in [5.74, 6) is -0.140. The van der Waals surface area contributed by atoms with Gasteiger partial charge in [0.15, 0.2) is 0 Å². The average Bonchev–Trinajstić information content (AvgIpc) is 3.05. The molecule has 0 unspecified atom stereocenters. The van der Waals surface area contributed by atoms with Crippen molar-refractivity contribution in [1.82, 2.24) is 9.80 Å². The van der Waals surface area contributed by atoms with E-state index in [0.29, 0.717) is 40.5 Å². The molecule has 0 atom stereocenters. The van der Waals surface area contributed by atoms with Gasteiger partial charge in [-0.1, -0.05) is 23.2 Å². The van der Waals surface area contributed by atoms with Crippen LogP contribution in [-0.4, -0.2) is 40.6 Å². The minimum Gasteiger partial charge on any atom is -0.398 e. The maximum Gasteiger partial charge on any atom is 0.288 e. The van der Waals surface area contributed by atoms with Gasteiger partial charge in [-0.05, 0) is 29.3 Å². The van der Waals surface area contributed by atoms with Crippen LogP contribution in [0.1, 0.15) is 31.8 Å². The van der Waals surface area contributed by atoms with Crippen LogP contribution in [0.4, 0.5) is 11.4 Å². The van der Waals surface area contributed by atoms with Crippen LogP contribution >= 0.6 is 23.2 Å². The molecule has 4 rings (SSSR count). The average molecular weight is 423 g/mol. The molecule has 28 heavy (non-hydrogen) atoms. The SMILES string of the molecule is CN1Cc2cc(N)c(Cl)cc2C1=O.CN1Cc2cc([N+](=O)[O-])c(Cl)cc2C1=O. The second-order valence-electron chi connectivity index (χ2n) is 6.57. The predicted molar refractivity (Wildman–Crippen MR) is 106 cm³/mol. The molecule has 0 spiro atoms. The molecule has 0 bridgehead atoms. The fourth-order valence-corrected chi connectivity index (χ4v) is 3.50. The van der Waals surface area contributed by atoms with Crippen LogP contribution in [0, 0.1) is 10.1 Å². The second-order valence-corrected chi connectivity index (χ2v) is 7.39. The van der Waals surface area contributed by atoms with Crippen LogP contribution in [0.25, 0.3) is 0 Å². The van der Waals surface area contributed by atoms with Crippen molar-refractivity contribution in [2.75, 3.05) is 19.8 Å². The number of halogens is 2. The molecular formula is C18H16Cl2N4O4. The third-order valence-corrected chi connectivity index (χ3v) is 5.19. The van der Waals surface area contributed by atoms with Crippen LogP contribution in [0.15, 0.2) is 24.3 Å². The summed E-state index contributed by atoms with van der Waals surface area (Å²) in [5, 5.41) is 11.1. The lowest BCUT2D eigenvalue weighted by atomic mass is 10.1. The largest absolute Gasteiger partial charge is 0.398 e. The molecule has 146 valence electrons. The zero-order valence-electron chi connectivity index (χ0n) is 15.0. The molecule has 0 aromatic heterocycles. The van der Waals surface area contributed by atoms with Gasteiger partial charge in [-0.25, -0.2) is 0 Å². The maximum absolute atomic E-state index is 11.5. The van der Waals surface area contributed by atoms with Crippen molar-refractivity contribution in [2.45, 2.75) is 13.1 Å². The Balaban J connectivity index is 0.000000162. The lowest BCUT2D eigenvalue weighted by Gasteiger charge is -2.04. The number of carbonyl (C=O) groups is 2. The highest BCUT2D eigenvalue weighted by molar-refractivity contribution is 6.33. The van der Waals surface area contributed by atoms with Crippen LogP contribution < -0.4 is 5.73 Å². The number of nitro benzene ring substituents is 1. The van der Waals surface area contributed by atoms with E-state index in [2.05, 4.69) is 0 Å². The van der Waals surface area contributed by atoms with Gasteiger partial charge in [0.1, 0.15) is 5.02 Å². The number of nitro groups is 1. The number of nitrogens with zero attached hydrogens (tertiary/aromatic N) is 3. The number of amides is 2. The van der Waals surface area contributed by atoms with Gasteiger partial charge in [-0.3, -0.25) is 19.7 Å². The summed E-state index contributed by atoms with van der Waals surface area (Å²) in [6.07, 6.45) is 0. The van der Waals surface area contributed by atoms with Crippen molar-refractivity contribution in [3.63, 3.8) is 0 Å². The molecule has 0 aliphatic carbocycles. The Bertz CT molecular complexity index is 1030. The Hall–Kier alpha value is -2.84. The van der Waals surface area contributed by atoms with E-state index in [1.807, 2.05) is 0 Å². The van der Waals surface area contributed by atoms with E-state index in [9.17, 15) is 19.7 Å². The summed E-state index contributed by atoms with van der Waals surface area (Å²) >= 11 is 11.5. The summed E-state index contributed by atoms with van der Waals surface area (Å²) in [6, 6.07) is 6.12. The fraction of sp³-hybridized carbons (Fsp3) is 0.222. The van der Waals surface area contributed by atoms with Crippen molar-refractivity contribution in [3.05, 3.63) is 66.7 Å². The molecule has 0 fully saturated rings. The summed E-state index contributed by atoms with van der Waals surface area (Å²) < 4.78 is 0. The monoisotopic (exact) mass is 422 g/mol. The molecule has 2 N–H and O–H groups in total. The summed E-state index contributed by atoms with van der Waals surface area (Å²) in [5.41, 5.74) is 8.72. The van der Waals surface area contributed by atoms with E-state index in [4.69, 9.17) is 28.9 Å². The van der Waals surface area contributed by atoms with Gasteiger partial charge < -0.3 is 15.5 Å². The molecule has 10 heteroatoms. The van der Waals surface area contributed by atoms with Gasteiger partial charge in [0, 0.05) is 44.4 Å². The quantitative estimate of drug-likeness (QED) is 0.430. The minimum atomic E-state index is -0.550. The molecular weight excluding hydrogens is 407 g/mol. The Kier molecular flexibility index (Phi) is 5.18. The zero-order chi connectivity index (χ0) is 20.7. The van der Waals surface area contributed by atoms with E-state index < -0.39 is 4.92 Å². The van der Waals surface area contributed by atoms with E-state index in [1.165, 1.54) is 17.0 Å². The zero-order valence-corrected chi connectivity index (χ0v) is 16.5. The molecule has 2 heterocycles. The predicted octanol–water partition coefficient (Wildman–Crippen LogP) is 3.34. The number of hydrogen-bond donors (Lipinski definition) is 1. The lowest BCUT2D eigenvalue weighted by Crippen LogP contribution is -2.17. The standard InChI is InChI=1S/C9H7ClN2O3.C9H9ClN2O/c1-11-4-5-2-8(12(14)15)7(10)3-6(5)9(11)13;1-12-4-5-2-8(11)7(10)3-6(5)9(12)13/h2-3H,4H2,1H3;2-3H,4,11H2,1H3. The van der Waals surface area contributed by atoms with E-state index in [-0.39, 0.29) is 22.5 Å². The first kappa shape index (κ1) is 19.9. The third-order valence-electron chi connectivity index (χ3n) is 4.56. The number of rotatable bonds is 1. The normalized spacial score (nSPS) is 14.6. The lowest BCUT2D eigenvalue weighted by molar-refractivity contribution is -0.384. The Labute approximate surface area is 170 Å². The van der Waals surface area contributed by atoms with E-state index in [1.54, 1.807) is 31.1 Å². The molecule has 0 radical (unpaired) electrons. The topological polar surface area (TPSA) is 110 Å². The van der Waals surface area contributed by atoms with Gasteiger partial charge in [0.2, 0.25) is 0 Å². The molecule has 2 aliphatic heterocycles. The van der Waals surface area contributed by atoms with Gasteiger partial charge in [-0.2, -0.15) is 0 Å². The number of carbonyl (C=O) groups excluding carboxylic acids is 2. The molecule has 0 saturated carbocycles. The van der Waals surface area contributed by atoms with E-state index >= 15 is 0 Å². The molecule has 2 aromatic rings. The number of hydrogen-bond acceptors (Lipinski definition) is 5. The highest BCUT2D eigenvalue weighted by atomic mass is 35.5. The molecule has 2 amide bonds. The third kappa shape index (κ3) is 3.48. The Morgan fingerprint density at radius 1 is 0.929 bits per heavy atom. The second kappa shape index (κ2) is 7.29. The molecule has 2 aliphatic rings. The number of benzene rings is 2. The minimum absolute atomic E-state index is 0.00222. The van der Waals surface area contributed by atoms with Crippen LogP contribution in [-0.2, 0) is 13.1 Å². The van der Waals surface area contributed by atoms with Crippen molar-refractivity contribution >= 4 is 46.4 Å². The molecule has 2 aromatic carbocycles. The molecule has 0 saturated heterocycles. The van der Waals surface area contributed by atoms with Crippen molar-refractivity contribution in [1.29, 1.82) is 0 Å². The fourth-order valence-electron chi connectivity index (χ4n) is 3.11. The van der Waals surface area contributed by atoms with Crippen molar-refractivity contribution < 1.29 is 14.5 Å². The molecule has 8 nitrogen and oxygen atoms in total. The van der Waals surface area contributed by atoms with Crippen LogP contribution in [0.5, 0.6) is 0 Å². The highest BCUT2D eigenvalue weighted by Gasteiger charge is 2.28. The summed E-state index contributed by atoms with van der Waals surface area (Å²) in [4.78, 5) is 36.2. The first-order valence-electron chi connectivity index (χ1n) is 8.15. The maximum atomic E-state index is 11.5. The number of nitrogens with two attached hydrogens (primary N) is 1. The Morgan fingerprint density at radius 3 is 1.89 bits per heavy atom. The van der Waals surface area contributed by atoms with Gasteiger partial charge in [-0.15, -0.1) is 0 Å². The number of anilines is 1. The highest BCUT2D eigenvalue weighted by Crippen LogP contribution is 2.32. The van der Waals surface area contributed by atoms with Gasteiger partial charge in [0.05, 0.1) is 15.6 Å². The number of nitrogen functional groups attached to an aromatic ring is 1. The first-order chi connectivity index (χ1) is 13.1. The number of fused-ring (bicyclic) bond motifs is 2. The summed E-state index contributed by atoms with van der Waals surface area (Å²) in [6.45, 7) is 1.02. The van der Waals surface area contributed by atoms with Crippen molar-refractivity contribution in [2.24, 2.45) is 0 Å². The van der Waals surface area contributed by atoms with Gasteiger partial charge >= 0.3 is 0 Å². The van der Waals surface area contributed by atoms with Crippen LogP contribution in [0.2, 0.25) is 10.0 Å². The van der Waals surface area contributed by atoms with E-state index in [0.717, 1.165) is 5.56 Å². The first-order valence-corrected chi connectivity index (χ1v) is 8.91. The van der Waals surface area contributed by atoms with Gasteiger partial charge in [0.25, 0.3) is 17.5 Å². The smallest absolute Gasteiger partial charge is 0.288 e.